The number of hydrogen-bond acceptors (Lipinski definition) is 12. The highest BCUT2D eigenvalue weighted by Gasteiger charge is 2.52. The molecule has 23 heteroatoms. The normalized spacial score (nSPS) is 22.0. The van der Waals surface area contributed by atoms with E-state index in [2.05, 4.69) is 15.5 Å². The van der Waals surface area contributed by atoms with Crippen molar-refractivity contribution in [2.45, 2.75) is 70.0 Å². The maximum Gasteiger partial charge on any atom is 0.399 e. The summed E-state index contributed by atoms with van der Waals surface area (Å²) in [5.41, 5.74) is -4.62. The minimum absolute atomic E-state index is 0.0677. The molecule has 74 heavy (non-hydrogen) atoms. The van der Waals surface area contributed by atoms with Gasteiger partial charge in [0.2, 0.25) is 17.7 Å². The van der Waals surface area contributed by atoms with Crippen LogP contribution in [0.2, 0.25) is 0 Å². The minimum Gasteiger partial charge on any atom is -0.495 e. The Morgan fingerprint density at radius 1 is 0.959 bits per heavy atom. The highest BCUT2D eigenvalue weighted by molar-refractivity contribution is 7.52. The molecule has 0 radical (unpaired) electrons. The van der Waals surface area contributed by atoms with Gasteiger partial charge in [-0.1, -0.05) is 57.2 Å². The first-order valence-electron chi connectivity index (χ1n) is 24.5. The van der Waals surface area contributed by atoms with Crippen LogP contribution in [0.15, 0.2) is 72.8 Å². The molecule has 4 atom stereocenters. The van der Waals surface area contributed by atoms with Crippen LogP contribution in [0.4, 0.5) is 19.3 Å². The third-order valence-corrected chi connectivity index (χ3v) is 16.7. The Morgan fingerprint density at radius 3 is 2.42 bits per heavy atom. The Labute approximate surface area is 430 Å². The predicted octanol–water partition coefficient (Wildman–Crippen LogP) is 5.16. The van der Waals surface area contributed by atoms with Crippen molar-refractivity contribution in [3.05, 3.63) is 94.4 Å². The molecule has 6 heterocycles. The highest BCUT2D eigenvalue weighted by atomic mass is 32.1. The number of ether oxygens (including phenoxy) is 3. The summed E-state index contributed by atoms with van der Waals surface area (Å²) < 4.78 is 59.2. The van der Waals surface area contributed by atoms with Gasteiger partial charge in [-0.15, -0.1) is 11.3 Å². The lowest BCUT2D eigenvalue weighted by molar-refractivity contribution is -0.150. The van der Waals surface area contributed by atoms with E-state index in [-0.39, 0.29) is 78.6 Å². The summed E-state index contributed by atoms with van der Waals surface area (Å²) in [5, 5.41) is 5.33. The van der Waals surface area contributed by atoms with E-state index < -0.39 is 60.3 Å². The number of urea groups is 1. The SMILES string of the molecule is COc1ccc(C(=O)N2CCC3(CN(CCO[C@H]4C[C@@H](C(=O)N5CCO[C@H](c6ccccc6)C5)N(C(=O)[C@@H](NC(=O)c5cc6cc(C(F)(F)P(=O)(O)O)ccc6s5)C(C)(C)C)C4)C3)C2)cc1N1CCC(=O)NC1=O. The molecule has 396 valence electrons. The smallest absolute Gasteiger partial charge is 0.399 e. The van der Waals surface area contributed by atoms with Crippen molar-refractivity contribution in [1.29, 1.82) is 0 Å². The van der Waals surface area contributed by atoms with Crippen molar-refractivity contribution in [2.75, 3.05) is 84.1 Å². The number of carbonyl (C=O) groups excluding carboxylic acids is 6. The van der Waals surface area contributed by atoms with Gasteiger partial charge in [-0.3, -0.25) is 43.7 Å². The number of morpholine rings is 1. The standard InChI is InChI=1S/C51H60F2N7O12PS/c1-49(2,3)43(55-44(62)41-24-33-22-34(11-13-40(33)74-41)51(52,53)73(67,68)69)47(65)60-26-35(25-37(60)46(64)57-19-21-72-39(27-57)31-8-6-5-7-9-31)71-20-18-56-28-50(29-56)15-17-58(30-50)45(63)32-10-12-38(70-4)36(23-32)59-16-14-42(61)54-48(59)66/h5-13,22-24,35,37,39,43H,14-21,25-30H2,1-4H3,(H,55,62)(H,54,61,66)(H2,67,68,69)/t35-,37-,39-,43+/m0/s1. The van der Waals surface area contributed by atoms with Gasteiger partial charge in [-0.25, -0.2) is 4.79 Å². The lowest BCUT2D eigenvalue weighted by Crippen LogP contribution is -2.58. The van der Waals surface area contributed by atoms with Crippen LogP contribution >= 0.6 is 18.9 Å². The number of amides is 7. The van der Waals surface area contributed by atoms with Crippen molar-refractivity contribution in [3.8, 4) is 5.75 Å². The topological polar surface area (TPSA) is 228 Å². The van der Waals surface area contributed by atoms with Gasteiger partial charge >= 0.3 is 19.3 Å². The molecule has 7 amide bonds. The van der Waals surface area contributed by atoms with E-state index in [1.807, 2.05) is 35.2 Å². The van der Waals surface area contributed by atoms with Gasteiger partial charge in [0.1, 0.15) is 23.9 Å². The van der Waals surface area contributed by atoms with Crippen molar-refractivity contribution < 1.29 is 66.1 Å². The Bertz CT molecular complexity index is 2890. The maximum absolute atomic E-state index is 14.9. The molecule has 5 aliphatic rings. The fourth-order valence-corrected chi connectivity index (χ4v) is 12.1. The molecule has 5 fully saturated rings. The Morgan fingerprint density at radius 2 is 1.72 bits per heavy atom. The molecule has 5 aliphatic heterocycles. The number of thiophene rings is 1. The zero-order chi connectivity index (χ0) is 52.9. The fourth-order valence-electron chi connectivity index (χ4n) is 10.6. The second-order valence-electron chi connectivity index (χ2n) is 20.8. The van der Waals surface area contributed by atoms with Gasteiger partial charge in [-0.2, -0.15) is 8.78 Å². The van der Waals surface area contributed by atoms with E-state index in [1.54, 1.807) is 43.9 Å². The average Bonchev–Trinajstić information content (AvgIpc) is 4.12. The largest absolute Gasteiger partial charge is 0.495 e. The molecule has 3 aromatic carbocycles. The number of likely N-dealkylation sites (tertiary alicyclic amines) is 3. The van der Waals surface area contributed by atoms with Crippen LogP contribution in [0.1, 0.15) is 77.3 Å². The number of fused-ring (bicyclic) bond motifs is 1. The summed E-state index contributed by atoms with van der Waals surface area (Å²) in [6, 6.07) is 16.3. The molecule has 1 spiro atoms. The average molecular weight is 1060 g/mol. The number of benzene rings is 3. The molecule has 0 saturated carbocycles. The van der Waals surface area contributed by atoms with Crippen molar-refractivity contribution in [2.24, 2.45) is 10.8 Å². The number of methoxy groups -OCH3 is 1. The number of rotatable bonds is 14. The summed E-state index contributed by atoms with van der Waals surface area (Å²) in [6.45, 7) is 9.87. The molecule has 0 aliphatic carbocycles. The van der Waals surface area contributed by atoms with Crippen LogP contribution in [0, 0.1) is 10.8 Å². The van der Waals surface area contributed by atoms with Gasteiger partial charge < -0.3 is 44.0 Å². The van der Waals surface area contributed by atoms with Crippen LogP contribution in [0.3, 0.4) is 0 Å². The monoisotopic (exact) mass is 1060 g/mol. The second-order valence-corrected chi connectivity index (χ2v) is 23.6. The summed E-state index contributed by atoms with van der Waals surface area (Å²) in [4.78, 5) is 109. The molecule has 9 rings (SSSR count). The predicted molar refractivity (Wildman–Crippen MR) is 268 cm³/mol. The molecule has 1 aromatic heterocycles. The van der Waals surface area contributed by atoms with E-state index in [9.17, 15) is 51.9 Å². The van der Waals surface area contributed by atoms with E-state index in [1.165, 1.54) is 29.0 Å². The number of halogens is 2. The van der Waals surface area contributed by atoms with Crippen molar-refractivity contribution >= 4 is 70.3 Å². The first-order valence-corrected chi connectivity index (χ1v) is 26.9. The number of nitrogens with zero attached hydrogens (tertiary/aromatic N) is 5. The Hall–Kier alpha value is -5.87. The fraction of sp³-hybridized carbons (Fsp3) is 0.490. The van der Waals surface area contributed by atoms with Gasteiger partial charge in [0.25, 0.3) is 11.8 Å². The van der Waals surface area contributed by atoms with Crippen LogP contribution < -0.4 is 20.3 Å². The zero-order valence-electron chi connectivity index (χ0n) is 41.5. The number of hydrogen-bond donors (Lipinski definition) is 4. The molecule has 4 aromatic rings. The lowest BCUT2D eigenvalue weighted by atomic mass is 9.79. The Kier molecular flexibility index (Phi) is 14.8. The van der Waals surface area contributed by atoms with Gasteiger partial charge in [0, 0.05) is 86.4 Å². The van der Waals surface area contributed by atoms with Gasteiger partial charge in [-0.05, 0) is 59.2 Å². The van der Waals surface area contributed by atoms with E-state index in [0.29, 0.717) is 54.5 Å². The second kappa shape index (κ2) is 20.7. The number of imide groups is 1. The number of anilines is 1. The molecule has 4 N–H and O–H groups in total. The van der Waals surface area contributed by atoms with E-state index in [0.717, 1.165) is 48.5 Å². The molecule has 0 unspecified atom stereocenters. The molecule has 19 nitrogen and oxygen atoms in total. The summed E-state index contributed by atoms with van der Waals surface area (Å²) in [6.07, 6.45) is 0.226. The number of alkyl halides is 2. The van der Waals surface area contributed by atoms with Crippen LogP contribution in [-0.4, -0.2) is 162 Å². The van der Waals surface area contributed by atoms with Gasteiger partial charge in [0.05, 0.1) is 43.5 Å². The quantitative estimate of drug-likeness (QED) is 0.120. The molecular weight excluding hydrogens is 1000 g/mol. The zero-order valence-corrected chi connectivity index (χ0v) is 43.2. The van der Waals surface area contributed by atoms with Crippen molar-refractivity contribution in [1.82, 2.24) is 30.2 Å². The third kappa shape index (κ3) is 10.8. The summed E-state index contributed by atoms with van der Waals surface area (Å²) in [7, 11) is -4.37. The molecule has 0 bridgehead atoms. The van der Waals surface area contributed by atoms with Crippen LogP contribution in [0.5, 0.6) is 5.75 Å². The van der Waals surface area contributed by atoms with E-state index >= 15 is 0 Å². The summed E-state index contributed by atoms with van der Waals surface area (Å²) in [5.74, 6) is -1.58. The van der Waals surface area contributed by atoms with E-state index in [4.69, 9.17) is 14.2 Å². The van der Waals surface area contributed by atoms with Crippen molar-refractivity contribution in [3.63, 3.8) is 0 Å². The van der Waals surface area contributed by atoms with Crippen LogP contribution in [0.25, 0.3) is 10.1 Å². The number of nitrogens with one attached hydrogen (secondary N) is 2. The lowest BCUT2D eigenvalue weighted by Gasteiger charge is -2.48. The summed E-state index contributed by atoms with van der Waals surface area (Å²) >= 11 is 0.968. The third-order valence-electron chi connectivity index (χ3n) is 14.6. The number of carbonyl (C=O) groups is 6. The first kappa shape index (κ1) is 53.0. The highest BCUT2D eigenvalue weighted by Crippen LogP contribution is 2.59. The minimum atomic E-state index is -5.84. The Balaban J connectivity index is 0.853. The first-order chi connectivity index (χ1) is 35.0. The molecular formula is C51H60F2N7O12PS. The molecule has 5 saturated heterocycles. The maximum atomic E-state index is 14.9. The van der Waals surface area contributed by atoms with Crippen LogP contribution in [-0.2, 0) is 34.1 Å². The van der Waals surface area contributed by atoms with Gasteiger partial charge in [0.15, 0.2) is 0 Å².